The molecule has 0 saturated heterocycles. The topological polar surface area (TPSA) is 63.7 Å². The summed E-state index contributed by atoms with van der Waals surface area (Å²) in [6, 6.07) is 20.9. The van der Waals surface area contributed by atoms with E-state index in [1.54, 1.807) is 24.3 Å². The molecule has 0 spiro atoms. The second kappa shape index (κ2) is 11.1. The van der Waals surface area contributed by atoms with E-state index in [0.29, 0.717) is 31.8 Å². The number of hydrogen-bond acceptors (Lipinski definition) is 4. The van der Waals surface area contributed by atoms with Crippen molar-refractivity contribution in [2.45, 2.75) is 38.1 Å². The Morgan fingerprint density at radius 2 is 1.55 bits per heavy atom. The molecule has 1 amide bonds. The third-order valence-corrected chi connectivity index (χ3v) is 6.28. The van der Waals surface area contributed by atoms with Gasteiger partial charge in [0.25, 0.3) is 0 Å². The van der Waals surface area contributed by atoms with Crippen LogP contribution in [0.25, 0.3) is 0 Å². The molecule has 7 heteroatoms. The molecule has 0 saturated carbocycles. The molecular formula is C26H28FNO4S. The molecule has 0 aliphatic heterocycles. The Kier molecular flexibility index (Phi) is 8.22. The predicted molar refractivity (Wildman–Crippen MR) is 126 cm³/mol. The van der Waals surface area contributed by atoms with E-state index in [9.17, 15) is 17.6 Å². The Morgan fingerprint density at radius 3 is 2.15 bits per heavy atom. The Labute approximate surface area is 194 Å². The van der Waals surface area contributed by atoms with E-state index in [-0.39, 0.29) is 16.6 Å². The lowest BCUT2D eigenvalue weighted by atomic mass is 10.1. The largest absolute Gasteiger partial charge is 0.379 e. The number of aryl methyl sites for hydroxylation is 1. The van der Waals surface area contributed by atoms with E-state index < -0.39 is 15.9 Å². The Balaban J connectivity index is 1.64. The SMILES string of the molecule is CC(C)CN(Cc1ccc(OS(=O)(=O)c2ccc(F)cc2)cc1)C(=O)CCc1ccccc1. The van der Waals surface area contributed by atoms with Crippen molar-refractivity contribution in [1.82, 2.24) is 4.90 Å². The molecular weight excluding hydrogens is 441 g/mol. The normalized spacial score (nSPS) is 11.4. The number of amides is 1. The number of halogens is 1. The molecule has 0 unspecified atom stereocenters. The van der Waals surface area contributed by atoms with Crippen molar-refractivity contribution in [1.29, 1.82) is 0 Å². The predicted octanol–water partition coefficient (Wildman–Crippen LogP) is 5.21. The fraction of sp³-hybridized carbons (Fsp3) is 0.269. The fourth-order valence-corrected chi connectivity index (χ4v) is 4.33. The zero-order valence-electron chi connectivity index (χ0n) is 18.8. The molecule has 0 atom stereocenters. The van der Waals surface area contributed by atoms with Crippen LogP contribution in [0.1, 0.15) is 31.4 Å². The van der Waals surface area contributed by atoms with Crippen LogP contribution in [0.2, 0.25) is 0 Å². The number of carbonyl (C=O) groups is 1. The molecule has 174 valence electrons. The summed E-state index contributed by atoms with van der Waals surface area (Å²) in [7, 11) is -4.06. The minimum atomic E-state index is -4.06. The van der Waals surface area contributed by atoms with E-state index in [0.717, 1.165) is 35.4 Å². The molecule has 3 aromatic carbocycles. The van der Waals surface area contributed by atoms with Crippen LogP contribution in [0.15, 0.2) is 83.8 Å². The van der Waals surface area contributed by atoms with Gasteiger partial charge in [-0.25, -0.2) is 4.39 Å². The summed E-state index contributed by atoms with van der Waals surface area (Å²) < 4.78 is 43.0. The van der Waals surface area contributed by atoms with Crippen LogP contribution in [0.5, 0.6) is 5.75 Å². The van der Waals surface area contributed by atoms with Gasteiger partial charge in [0.15, 0.2) is 0 Å². The van der Waals surface area contributed by atoms with E-state index >= 15 is 0 Å². The van der Waals surface area contributed by atoms with Gasteiger partial charge in [0.05, 0.1) is 0 Å². The minimum Gasteiger partial charge on any atom is -0.379 e. The Bertz CT molecular complexity index is 1150. The van der Waals surface area contributed by atoms with Gasteiger partial charge < -0.3 is 9.08 Å². The summed E-state index contributed by atoms with van der Waals surface area (Å²) in [5, 5.41) is 0. The second-order valence-corrected chi connectivity index (χ2v) is 9.84. The van der Waals surface area contributed by atoms with Gasteiger partial charge in [-0.1, -0.05) is 56.3 Å². The molecule has 0 aromatic heterocycles. The Hall–Kier alpha value is -3.19. The smallest absolute Gasteiger partial charge is 0.339 e. The van der Waals surface area contributed by atoms with Gasteiger partial charge in [-0.15, -0.1) is 0 Å². The lowest BCUT2D eigenvalue weighted by Crippen LogP contribution is -2.33. The highest BCUT2D eigenvalue weighted by molar-refractivity contribution is 7.87. The van der Waals surface area contributed by atoms with Gasteiger partial charge in [-0.3, -0.25) is 4.79 Å². The second-order valence-electron chi connectivity index (χ2n) is 8.29. The van der Waals surface area contributed by atoms with Crippen LogP contribution in [0.3, 0.4) is 0 Å². The van der Waals surface area contributed by atoms with Crippen LogP contribution < -0.4 is 4.18 Å². The van der Waals surface area contributed by atoms with E-state index in [4.69, 9.17) is 4.18 Å². The maximum Gasteiger partial charge on any atom is 0.339 e. The summed E-state index contributed by atoms with van der Waals surface area (Å²) in [6.45, 7) is 5.19. The van der Waals surface area contributed by atoms with Gasteiger partial charge >= 0.3 is 10.1 Å². The van der Waals surface area contributed by atoms with Crippen molar-refractivity contribution in [2.75, 3.05) is 6.54 Å². The van der Waals surface area contributed by atoms with Crippen LogP contribution in [-0.2, 0) is 27.9 Å². The minimum absolute atomic E-state index is 0.0757. The first-order valence-electron chi connectivity index (χ1n) is 10.8. The summed E-state index contributed by atoms with van der Waals surface area (Å²) >= 11 is 0. The fourth-order valence-electron chi connectivity index (χ4n) is 3.40. The van der Waals surface area contributed by atoms with Crippen LogP contribution in [-0.4, -0.2) is 25.8 Å². The zero-order chi connectivity index (χ0) is 23.8. The average molecular weight is 470 g/mol. The summed E-state index contributed by atoms with van der Waals surface area (Å²) in [5.41, 5.74) is 1.99. The molecule has 0 aliphatic rings. The zero-order valence-corrected chi connectivity index (χ0v) is 19.6. The van der Waals surface area contributed by atoms with Crippen LogP contribution >= 0.6 is 0 Å². The first-order chi connectivity index (χ1) is 15.7. The van der Waals surface area contributed by atoms with Gasteiger partial charge in [-0.2, -0.15) is 8.42 Å². The van der Waals surface area contributed by atoms with E-state index in [1.807, 2.05) is 35.2 Å². The highest BCUT2D eigenvalue weighted by atomic mass is 32.2. The first kappa shape index (κ1) is 24.5. The summed E-state index contributed by atoms with van der Waals surface area (Å²) in [5.74, 6) is 0.0114. The van der Waals surface area contributed by atoms with E-state index in [2.05, 4.69) is 13.8 Å². The molecule has 0 heterocycles. The van der Waals surface area contributed by atoms with Crippen molar-refractivity contribution in [3.05, 3.63) is 95.8 Å². The quantitative estimate of drug-likeness (QED) is 0.382. The van der Waals surface area contributed by atoms with Crippen LogP contribution in [0, 0.1) is 11.7 Å². The van der Waals surface area contributed by atoms with Crippen molar-refractivity contribution in [3.8, 4) is 5.75 Å². The lowest BCUT2D eigenvalue weighted by molar-refractivity contribution is -0.132. The highest BCUT2D eigenvalue weighted by Gasteiger charge is 2.18. The molecule has 3 rings (SSSR count). The van der Waals surface area contributed by atoms with Gasteiger partial charge in [-0.05, 0) is 59.9 Å². The number of hydrogen-bond donors (Lipinski definition) is 0. The summed E-state index contributed by atoms with van der Waals surface area (Å²) in [6.07, 6.45) is 1.11. The van der Waals surface area contributed by atoms with Crippen molar-refractivity contribution < 1.29 is 21.8 Å². The van der Waals surface area contributed by atoms with E-state index in [1.165, 1.54) is 0 Å². The first-order valence-corrected chi connectivity index (χ1v) is 12.2. The number of rotatable bonds is 10. The average Bonchev–Trinajstić information content (AvgIpc) is 2.79. The molecule has 0 fully saturated rings. The maximum absolute atomic E-state index is 13.1. The number of benzene rings is 3. The molecule has 0 radical (unpaired) electrons. The molecule has 33 heavy (non-hydrogen) atoms. The maximum atomic E-state index is 13.1. The summed E-state index contributed by atoms with van der Waals surface area (Å²) in [4.78, 5) is 14.6. The molecule has 0 N–H and O–H groups in total. The molecule has 5 nitrogen and oxygen atoms in total. The highest BCUT2D eigenvalue weighted by Crippen LogP contribution is 2.21. The van der Waals surface area contributed by atoms with Gasteiger partial charge in [0, 0.05) is 19.5 Å². The third kappa shape index (κ3) is 7.43. The molecule has 0 aliphatic carbocycles. The van der Waals surface area contributed by atoms with Crippen molar-refractivity contribution in [2.24, 2.45) is 5.92 Å². The van der Waals surface area contributed by atoms with Crippen molar-refractivity contribution >= 4 is 16.0 Å². The number of nitrogens with zero attached hydrogens (tertiary/aromatic N) is 1. The van der Waals surface area contributed by atoms with Crippen LogP contribution in [0.4, 0.5) is 4.39 Å². The monoisotopic (exact) mass is 469 g/mol. The molecule has 0 bridgehead atoms. The lowest BCUT2D eigenvalue weighted by Gasteiger charge is -2.25. The van der Waals surface area contributed by atoms with Crippen molar-refractivity contribution in [3.63, 3.8) is 0 Å². The van der Waals surface area contributed by atoms with Gasteiger partial charge in [0.2, 0.25) is 5.91 Å². The number of carbonyl (C=O) groups excluding carboxylic acids is 1. The van der Waals surface area contributed by atoms with Gasteiger partial charge in [0.1, 0.15) is 16.5 Å². The third-order valence-electron chi connectivity index (χ3n) is 5.01. The standard InChI is InChI=1S/C26H28FNO4S/c1-20(2)18-28(26(29)17-10-21-6-4-3-5-7-21)19-22-8-13-24(14-9-22)32-33(30,31)25-15-11-23(27)12-16-25/h3-9,11-16,20H,10,17-19H2,1-2H3. The Morgan fingerprint density at radius 1 is 0.909 bits per heavy atom. The molecule has 3 aromatic rings.